The Labute approximate surface area is 147 Å². The highest BCUT2D eigenvalue weighted by atomic mass is 32.2. The van der Waals surface area contributed by atoms with Gasteiger partial charge in [0.1, 0.15) is 0 Å². The molecule has 0 bridgehead atoms. The van der Waals surface area contributed by atoms with Crippen LogP contribution in [0.1, 0.15) is 49.4 Å². The molecule has 0 fully saturated rings. The monoisotopic (exact) mass is 352 g/mol. The van der Waals surface area contributed by atoms with Crippen LogP contribution in [0.2, 0.25) is 0 Å². The first kappa shape index (κ1) is 19.0. The predicted octanol–water partition coefficient (Wildman–Crippen LogP) is 5.62. The van der Waals surface area contributed by atoms with Crippen molar-refractivity contribution < 1.29 is 8.78 Å². The van der Waals surface area contributed by atoms with E-state index in [4.69, 9.17) is 0 Å². The molecule has 2 rings (SSSR count). The topological polar surface area (TPSA) is 24.4 Å². The number of hydrogen-bond acceptors (Lipinski definition) is 3. The summed E-state index contributed by atoms with van der Waals surface area (Å²) >= 11 is 1.66. The molecule has 0 saturated carbocycles. The molecule has 2 nitrogen and oxygen atoms in total. The van der Waals surface area contributed by atoms with E-state index in [1.54, 1.807) is 11.8 Å². The second kappa shape index (κ2) is 8.65. The summed E-state index contributed by atoms with van der Waals surface area (Å²) in [5.74, 6) is 1.16. The number of benzene rings is 1. The average Bonchev–Trinajstić information content (AvgIpc) is 3.01. The van der Waals surface area contributed by atoms with Gasteiger partial charge in [0.25, 0.3) is 6.08 Å². The molecule has 1 atom stereocenters. The maximum absolute atomic E-state index is 13.4. The summed E-state index contributed by atoms with van der Waals surface area (Å²) in [5.41, 5.74) is 3.65. The Bertz CT molecular complexity index is 634. The van der Waals surface area contributed by atoms with Gasteiger partial charge < -0.3 is 5.32 Å². The second-order valence-electron chi connectivity index (χ2n) is 6.69. The molecule has 1 heterocycles. The standard InChI is InChI=1S/C19H26F2N2S/c1-12(2)10-15(18(20)21)11-17(23-19-22-8-9-24-19)16-7-5-6-13(3)14(16)4/h5-7,12,17H,8-11H2,1-4H3,(H,22,23). The minimum Gasteiger partial charge on any atom is -0.358 e. The third kappa shape index (κ3) is 5.07. The molecule has 24 heavy (non-hydrogen) atoms. The van der Waals surface area contributed by atoms with E-state index < -0.39 is 6.08 Å². The number of nitrogens with zero attached hydrogens (tertiary/aromatic N) is 1. The lowest BCUT2D eigenvalue weighted by Crippen LogP contribution is -2.27. The molecule has 0 amide bonds. The number of amidine groups is 1. The number of hydrogen-bond donors (Lipinski definition) is 1. The van der Waals surface area contributed by atoms with Crippen LogP contribution in [0.5, 0.6) is 0 Å². The van der Waals surface area contributed by atoms with Crippen molar-refractivity contribution in [2.45, 2.75) is 46.6 Å². The molecule has 1 N–H and O–H groups in total. The zero-order valence-electron chi connectivity index (χ0n) is 14.8. The maximum Gasteiger partial charge on any atom is 0.269 e. The number of thioether (sulfide) groups is 1. The third-order valence-electron chi connectivity index (χ3n) is 4.28. The molecule has 1 aromatic carbocycles. The molecule has 0 saturated heterocycles. The summed E-state index contributed by atoms with van der Waals surface area (Å²) in [7, 11) is 0. The van der Waals surface area contributed by atoms with Crippen molar-refractivity contribution in [3.8, 4) is 0 Å². The van der Waals surface area contributed by atoms with E-state index in [0.717, 1.165) is 28.6 Å². The van der Waals surface area contributed by atoms with Crippen LogP contribution >= 0.6 is 11.8 Å². The quantitative estimate of drug-likeness (QED) is 0.718. The van der Waals surface area contributed by atoms with Crippen molar-refractivity contribution >= 4 is 16.9 Å². The van der Waals surface area contributed by atoms with Gasteiger partial charge in [-0.3, -0.25) is 4.99 Å². The van der Waals surface area contributed by atoms with E-state index >= 15 is 0 Å². The highest BCUT2D eigenvalue weighted by Crippen LogP contribution is 2.31. The van der Waals surface area contributed by atoms with E-state index in [2.05, 4.69) is 30.2 Å². The van der Waals surface area contributed by atoms with Gasteiger partial charge in [-0.25, -0.2) is 0 Å². The molecule has 0 radical (unpaired) electrons. The van der Waals surface area contributed by atoms with Crippen molar-refractivity contribution in [3.63, 3.8) is 0 Å². The van der Waals surface area contributed by atoms with Crippen LogP contribution in [0.25, 0.3) is 0 Å². The van der Waals surface area contributed by atoms with Crippen LogP contribution < -0.4 is 5.32 Å². The zero-order chi connectivity index (χ0) is 17.7. The fourth-order valence-electron chi connectivity index (χ4n) is 2.94. The summed E-state index contributed by atoms with van der Waals surface area (Å²) in [4.78, 5) is 4.43. The van der Waals surface area contributed by atoms with Crippen LogP contribution in [0.3, 0.4) is 0 Å². The average molecular weight is 352 g/mol. The number of halogens is 2. The van der Waals surface area contributed by atoms with Crippen molar-refractivity contribution in [1.29, 1.82) is 0 Å². The van der Waals surface area contributed by atoms with Gasteiger partial charge in [-0.2, -0.15) is 8.78 Å². The fourth-order valence-corrected chi connectivity index (χ4v) is 3.72. The minimum absolute atomic E-state index is 0.176. The Hall–Kier alpha value is -1.36. The number of aliphatic imine (C=N–C) groups is 1. The van der Waals surface area contributed by atoms with E-state index in [1.165, 1.54) is 5.56 Å². The summed E-state index contributed by atoms with van der Waals surface area (Å²) in [6.07, 6.45) is -0.808. The largest absolute Gasteiger partial charge is 0.358 e. The molecule has 0 aliphatic carbocycles. The van der Waals surface area contributed by atoms with Gasteiger partial charge in [0.2, 0.25) is 0 Å². The van der Waals surface area contributed by atoms with Gasteiger partial charge in [-0.1, -0.05) is 43.8 Å². The first-order chi connectivity index (χ1) is 11.4. The normalized spacial score (nSPS) is 15.4. The van der Waals surface area contributed by atoms with E-state index in [1.807, 2.05) is 26.0 Å². The molecule has 1 aliphatic rings. The first-order valence-corrected chi connectivity index (χ1v) is 9.40. The van der Waals surface area contributed by atoms with E-state index in [0.29, 0.717) is 12.8 Å². The van der Waals surface area contributed by atoms with Crippen molar-refractivity contribution in [3.05, 3.63) is 46.5 Å². The van der Waals surface area contributed by atoms with Crippen molar-refractivity contribution in [2.24, 2.45) is 10.9 Å². The Balaban J connectivity index is 2.31. The molecule has 1 unspecified atom stereocenters. The third-order valence-corrected chi connectivity index (χ3v) is 5.18. The van der Waals surface area contributed by atoms with Gasteiger partial charge in [0, 0.05) is 5.75 Å². The lowest BCUT2D eigenvalue weighted by atomic mass is 9.90. The van der Waals surface area contributed by atoms with Crippen LogP contribution in [-0.4, -0.2) is 17.5 Å². The number of nitrogens with one attached hydrogen (secondary N) is 1. The highest BCUT2D eigenvalue weighted by Gasteiger charge is 2.22. The maximum atomic E-state index is 13.4. The number of aryl methyl sites for hydroxylation is 1. The molecule has 0 spiro atoms. The van der Waals surface area contributed by atoms with Crippen LogP contribution in [0.15, 0.2) is 34.8 Å². The Kier molecular flexibility index (Phi) is 6.84. The minimum atomic E-state index is -1.54. The fraction of sp³-hybridized carbons (Fsp3) is 0.526. The smallest absolute Gasteiger partial charge is 0.269 e. The number of rotatable bonds is 6. The molecule has 0 aromatic heterocycles. The van der Waals surface area contributed by atoms with Crippen LogP contribution in [0, 0.1) is 19.8 Å². The second-order valence-corrected chi connectivity index (χ2v) is 7.77. The summed E-state index contributed by atoms with van der Waals surface area (Å²) < 4.78 is 26.9. The van der Waals surface area contributed by atoms with Crippen molar-refractivity contribution in [1.82, 2.24) is 5.32 Å². The SMILES string of the molecule is Cc1cccc(C(CC(CC(C)C)=C(F)F)NC2=NCCS2)c1C. The zero-order valence-corrected chi connectivity index (χ0v) is 15.6. The summed E-state index contributed by atoms with van der Waals surface area (Å²) in [6, 6.07) is 5.90. The Morgan fingerprint density at radius 1 is 1.25 bits per heavy atom. The van der Waals surface area contributed by atoms with E-state index in [-0.39, 0.29) is 17.5 Å². The Morgan fingerprint density at radius 3 is 2.58 bits per heavy atom. The van der Waals surface area contributed by atoms with Crippen molar-refractivity contribution in [2.75, 3.05) is 12.3 Å². The van der Waals surface area contributed by atoms with Gasteiger partial charge in [-0.15, -0.1) is 0 Å². The van der Waals surface area contributed by atoms with Crippen LogP contribution in [0.4, 0.5) is 8.78 Å². The first-order valence-electron chi connectivity index (χ1n) is 8.41. The predicted molar refractivity (Wildman–Crippen MR) is 99.9 cm³/mol. The molecule has 5 heteroatoms. The van der Waals surface area contributed by atoms with E-state index in [9.17, 15) is 8.78 Å². The summed E-state index contributed by atoms with van der Waals surface area (Å²) in [5, 5.41) is 4.27. The Morgan fingerprint density at radius 2 is 2.00 bits per heavy atom. The molecular formula is C19H26F2N2S. The molecular weight excluding hydrogens is 326 g/mol. The van der Waals surface area contributed by atoms with Gasteiger partial charge in [-0.05, 0) is 54.9 Å². The molecule has 1 aromatic rings. The molecule has 1 aliphatic heterocycles. The lowest BCUT2D eigenvalue weighted by molar-refractivity contribution is 0.391. The molecule has 132 valence electrons. The van der Waals surface area contributed by atoms with Gasteiger partial charge in [0.15, 0.2) is 5.17 Å². The van der Waals surface area contributed by atoms with Gasteiger partial charge in [0.05, 0.1) is 12.6 Å². The van der Waals surface area contributed by atoms with Crippen LogP contribution in [-0.2, 0) is 0 Å². The lowest BCUT2D eigenvalue weighted by Gasteiger charge is -2.24. The summed E-state index contributed by atoms with van der Waals surface area (Å²) in [6.45, 7) is 8.85. The van der Waals surface area contributed by atoms with Gasteiger partial charge >= 0.3 is 0 Å². The highest BCUT2D eigenvalue weighted by molar-refractivity contribution is 8.14.